The van der Waals surface area contributed by atoms with Crippen LogP contribution in [0.2, 0.25) is 0 Å². The standard InChI is InChI=1S/C9H16N2O3S/c1-2-3-4-5-15(13,14)11-8-10-6-9(11)7-12/h6,8,12H,2-5,7H2,1H3. The summed E-state index contributed by atoms with van der Waals surface area (Å²) in [5.74, 6) is 0.101. The molecule has 5 nitrogen and oxygen atoms in total. The van der Waals surface area contributed by atoms with E-state index in [1.165, 1.54) is 12.5 Å². The zero-order valence-electron chi connectivity index (χ0n) is 8.76. The predicted octanol–water partition coefficient (Wildman–Crippen LogP) is 0.744. The second-order valence-electron chi connectivity index (χ2n) is 3.36. The highest BCUT2D eigenvalue weighted by Gasteiger charge is 2.15. The summed E-state index contributed by atoms with van der Waals surface area (Å²) in [5.41, 5.74) is 0.312. The van der Waals surface area contributed by atoms with E-state index in [2.05, 4.69) is 4.98 Å². The first-order valence-electron chi connectivity index (χ1n) is 4.97. The van der Waals surface area contributed by atoms with E-state index in [0.29, 0.717) is 12.1 Å². The second-order valence-corrected chi connectivity index (χ2v) is 5.33. The van der Waals surface area contributed by atoms with Crippen molar-refractivity contribution in [1.29, 1.82) is 0 Å². The minimum absolute atomic E-state index is 0.101. The average Bonchev–Trinajstić information content (AvgIpc) is 2.66. The van der Waals surface area contributed by atoms with Crippen LogP contribution < -0.4 is 0 Å². The van der Waals surface area contributed by atoms with E-state index in [-0.39, 0.29) is 12.4 Å². The van der Waals surface area contributed by atoms with Crippen molar-refractivity contribution in [2.24, 2.45) is 0 Å². The van der Waals surface area contributed by atoms with Crippen molar-refractivity contribution in [3.8, 4) is 0 Å². The Morgan fingerprint density at radius 1 is 1.47 bits per heavy atom. The number of hydrogen-bond acceptors (Lipinski definition) is 4. The van der Waals surface area contributed by atoms with Crippen LogP contribution in [0, 0.1) is 0 Å². The van der Waals surface area contributed by atoms with Crippen LogP contribution in [0.15, 0.2) is 12.5 Å². The Kier molecular flexibility index (Phi) is 4.28. The van der Waals surface area contributed by atoms with Crippen LogP contribution in [0.5, 0.6) is 0 Å². The maximum Gasteiger partial charge on any atom is 0.240 e. The number of aromatic nitrogens is 2. The molecule has 1 rings (SSSR count). The van der Waals surface area contributed by atoms with Crippen LogP contribution >= 0.6 is 0 Å². The molecule has 0 radical (unpaired) electrons. The number of imidazole rings is 1. The Balaban J connectivity index is 2.77. The van der Waals surface area contributed by atoms with Gasteiger partial charge in [-0.05, 0) is 6.42 Å². The lowest BCUT2D eigenvalue weighted by Crippen LogP contribution is -2.18. The number of rotatable bonds is 6. The minimum atomic E-state index is -3.34. The summed E-state index contributed by atoms with van der Waals surface area (Å²) in [5, 5.41) is 8.92. The van der Waals surface area contributed by atoms with E-state index < -0.39 is 10.0 Å². The van der Waals surface area contributed by atoms with Gasteiger partial charge in [0.05, 0.1) is 24.3 Å². The van der Waals surface area contributed by atoms with Crippen molar-refractivity contribution in [2.75, 3.05) is 5.75 Å². The van der Waals surface area contributed by atoms with Gasteiger partial charge in [0.15, 0.2) is 0 Å². The van der Waals surface area contributed by atoms with E-state index in [0.717, 1.165) is 16.8 Å². The molecular formula is C9H16N2O3S. The van der Waals surface area contributed by atoms with E-state index >= 15 is 0 Å². The maximum absolute atomic E-state index is 11.8. The first-order valence-corrected chi connectivity index (χ1v) is 6.58. The Labute approximate surface area is 89.8 Å². The van der Waals surface area contributed by atoms with Gasteiger partial charge in [-0.25, -0.2) is 17.4 Å². The lowest BCUT2D eigenvalue weighted by atomic mass is 10.3. The molecule has 0 amide bonds. The van der Waals surface area contributed by atoms with E-state index in [9.17, 15) is 8.42 Å². The molecule has 0 aromatic carbocycles. The summed E-state index contributed by atoms with van der Waals surface area (Å²) in [6.45, 7) is 1.70. The average molecular weight is 232 g/mol. The van der Waals surface area contributed by atoms with Crippen molar-refractivity contribution in [2.45, 2.75) is 32.8 Å². The molecule has 1 aromatic rings. The quantitative estimate of drug-likeness (QED) is 0.734. The lowest BCUT2D eigenvalue weighted by Gasteiger charge is -2.07. The van der Waals surface area contributed by atoms with Gasteiger partial charge in [0.1, 0.15) is 6.33 Å². The lowest BCUT2D eigenvalue weighted by molar-refractivity contribution is 0.275. The first-order chi connectivity index (χ1) is 7.11. The molecule has 0 aliphatic carbocycles. The van der Waals surface area contributed by atoms with E-state index in [1.54, 1.807) is 0 Å². The highest BCUT2D eigenvalue weighted by Crippen LogP contribution is 2.07. The summed E-state index contributed by atoms with van der Waals surface area (Å²) in [7, 11) is -3.34. The van der Waals surface area contributed by atoms with E-state index in [1.807, 2.05) is 6.92 Å². The summed E-state index contributed by atoms with van der Waals surface area (Å²) >= 11 is 0. The largest absolute Gasteiger partial charge is 0.390 e. The highest BCUT2D eigenvalue weighted by molar-refractivity contribution is 7.89. The van der Waals surface area contributed by atoms with Crippen molar-refractivity contribution < 1.29 is 13.5 Å². The fourth-order valence-corrected chi connectivity index (χ4v) is 2.73. The third kappa shape index (κ3) is 3.04. The molecule has 0 spiro atoms. The van der Waals surface area contributed by atoms with Crippen molar-refractivity contribution in [3.05, 3.63) is 18.2 Å². The van der Waals surface area contributed by atoms with E-state index in [4.69, 9.17) is 5.11 Å². The number of hydrogen-bond donors (Lipinski definition) is 1. The smallest absolute Gasteiger partial charge is 0.240 e. The third-order valence-electron chi connectivity index (χ3n) is 2.15. The van der Waals surface area contributed by atoms with Crippen LogP contribution in [0.1, 0.15) is 31.9 Å². The van der Waals surface area contributed by atoms with Crippen LogP contribution in [-0.2, 0) is 16.6 Å². The Morgan fingerprint density at radius 2 is 2.20 bits per heavy atom. The number of unbranched alkanes of at least 4 members (excludes halogenated alkanes) is 2. The highest BCUT2D eigenvalue weighted by atomic mass is 32.2. The van der Waals surface area contributed by atoms with Gasteiger partial charge in [0.2, 0.25) is 10.0 Å². The molecule has 86 valence electrons. The zero-order valence-corrected chi connectivity index (χ0v) is 9.57. The third-order valence-corrected chi connectivity index (χ3v) is 3.88. The topological polar surface area (TPSA) is 72.2 Å². The molecule has 0 aliphatic heterocycles. The summed E-state index contributed by atoms with van der Waals surface area (Å²) in [4.78, 5) is 3.71. The number of aliphatic hydroxyl groups is 1. The zero-order chi connectivity index (χ0) is 11.3. The normalized spacial score (nSPS) is 11.9. The van der Waals surface area contributed by atoms with Gasteiger partial charge in [-0.2, -0.15) is 0 Å². The molecule has 0 bridgehead atoms. The van der Waals surface area contributed by atoms with Crippen molar-refractivity contribution in [1.82, 2.24) is 8.96 Å². The van der Waals surface area contributed by atoms with Gasteiger partial charge < -0.3 is 5.11 Å². The SMILES string of the molecule is CCCCCS(=O)(=O)n1cncc1CO. The Bertz CT molecular complexity index is 397. The summed E-state index contributed by atoms with van der Waals surface area (Å²) in [6, 6.07) is 0. The molecular weight excluding hydrogens is 216 g/mol. The Morgan fingerprint density at radius 3 is 2.80 bits per heavy atom. The van der Waals surface area contributed by atoms with Gasteiger partial charge in [-0.1, -0.05) is 19.8 Å². The van der Waals surface area contributed by atoms with Crippen LogP contribution in [0.4, 0.5) is 0 Å². The Hall–Kier alpha value is -0.880. The summed E-state index contributed by atoms with van der Waals surface area (Å²) in [6.07, 6.45) is 5.10. The van der Waals surface area contributed by atoms with Crippen LogP contribution in [0.25, 0.3) is 0 Å². The fourth-order valence-electron chi connectivity index (χ4n) is 1.30. The first kappa shape index (κ1) is 12.2. The predicted molar refractivity (Wildman–Crippen MR) is 56.9 cm³/mol. The van der Waals surface area contributed by atoms with Gasteiger partial charge >= 0.3 is 0 Å². The molecule has 0 aliphatic rings. The van der Waals surface area contributed by atoms with Gasteiger partial charge in [0, 0.05) is 0 Å². The minimum Gasteiger partial charge on any atom is -0.390 e. The summed E-state index contributed by atoms with van der Waals surface area (Å²) < 4.78 is 24.6. The molecule has 0 unspecified atom stereocenters. The molecule has 1 aromatic heterocycles. The monoisotopic (exact) mass is 232 g/mol. The van der Waals surface area contributed by atoms with Crippen molar-refractivity contribution in [3.63, 3.8) is 0 Å². The molecule has 15 heavy (non-hydrogen) atoms. The molecule has 0 atom stereocenters. The molecule has 0 saturated carbocycles. The maximum atomic E-state index is 11.8. The second kappa shape index (κ2) is 5.27. The molecule has 0 fully saturated rings. The molecule has 1 heterocycles. The van der Waals surface area contributed by atoms with Crippen molar-refractivity contribution >= 4 is 10.0 Å². The van der Waals surface area contributed by atoms with Gasteiger partial charge in [-0.3, -0.25) is 0 Å². The van der Waals surface area contributed by atoms with Gasteiger partial charge in [-0.15, -0.1) is 0 Å². The van der Waals surface area contributed by atoms with Crippen LogP contribution in [0.3, 0.4) is 0 Å². The molecule has 1 N–H and O–H groups in total. The van der Waals surface area contributed by atoms with Gasteiger partial charge in [0.25, 0.3) is 0 Å². The fraction of sp³-hybridized carbons (Fsp3) is 0.667. The number of nitrogens with zero attached hydrogens (tertiary/aromatic N) is 2. The number of aliphatic hydroxyl groups excluding tert-OH is 1. The molecule has 0 saturated heterocycles. The molecule has 6 heteroatoms. The van der Waals surface area contributed by atoms with Crippen LogP contribution in [-0.4, -0.2) is 28.2 Å².